The van der Waals surface area contributed by atoms with Crippen LogP contribution in [0.1, 0.15) is 26.3 Å². The molecule has 2 aromatic heterocycles. The first kappa shape index (κ1) is 26.4. The quantitative estimate of drug-likeness (QED) is 0.134. The fourth-order valence-electron chi connectivity index (χ4n) is 3.72. The number of hydrogen-bond donors (Lipinski definition) is 0. The molecule has 0 aliphatic carbocycles. The SMILES string of the molecule is CC(C)(C)COc1c(I)cc(C=Nn2c(-c3cc4cc(Br)ccc4o3)nc3ccccc3c2=O)cc1I. The van der Waals surface area contributed by atoms with Crippen LogP contribution in [0.3, 0.4) is 0 Å². The van der Waals surface area contributed by atoms with Gasteiger partial charge in [-0.05, 0) is 105 Å². The van der Waals surface area contributed by atoms with Gasteiger partial charge in [0.15, 0.2) is 5.76 Å². The molecule has 0 aliphatic heterocycles. The Kier molecular flexibility index (Phi) is 7.47. The Bertz CT molecular complexity index is 1710. The van der Waals surface area contributed by atoms with E-state index in [1.54, 1.807) is 12.3 Å². The van der Waals surface area contributed by atoms with E-state index in [-0.39, 0.29) is 11.0 Å². The molecule has 0 saturated heterocycles. The molecule has 0 N–H and O–H groups in total. The fourth-order valence-corrected chi connectivity index (χ4v) is 6.23. The Hall–Kier alpha value is -2.25. The van der Waals surface area contributed by atoms with E-state index < -0.39 is 0 Å². The number of hydrogen-bond acceptors (Lipinski definition) is 5. The number of rotatable bonds is 5. The monoisotopic (exact) mass is 781 g/mol. The zero-order valence-corrected chi connectivity index (χ0v) is 26.2. The summed E-state index contributed by atoms with van der Waals surface area (Å²) in [6, 6.07) is 18.8. The second-order valence-electron chi connectivity index (χ2n) is 9.77. The summed E-state index contributed by atoms with van der Waals surface area (Å²) < 4.78 is 16.4. The number of ether oxygens (including phenoxy) is 1. The van der Waals surface area contributed by atoms with Gasteiger partial charge < -0.3 is 9.15 Å². The zero-order chi connectivity index (χ0) is 26.3. The molecule has 0 aliphatic rings. The van der Waals surface area contributed by atoms with Crippen molar-refractivity contribution in [3.63, 3.8) is 0 Å². The molecule has 9 heteroatoms. The highest BCUT2D eigenvalue weighted by molar-refractivity contribution is 14.1. The molecular weight excluding hydrogens is 760 g/mol. The first-order valence-corrected chi connectivity index (χ1v) is 14.4. The van der Waals surface area contributed by atoms with E-state index in [0.29, 0.717) is 34.7 Å². The molecule has 0 fully saturated rings. The Morgan fingerprint density at radius 3 is 2.54 bits per heavy atom. The van der Waals surface area contributed by atoms with Crippen molar-refractivity contribution in [2.45, 2.75) is 20.8 Å². The van der Waals surface area contributed by atoms with Gasteiger partial charge in [-0.3, -0.25) is 4.79 Å². The molecule has 0 amide bonds. The molecule has 0 spiro atoms. The summed E-state index contributed by atoms with van der Waals surface area (Å²) in [7, 11) is 0. The minimum absolute atomic E-state index is 0.0552. The third-order valence-electron chi connectivity index (χ3n) is 5.44. The highest BCUT2D eigenvalue weighted by atomic mass is 127. The van der Waals surface area contributed by atoms with E-state index in [9.17, 15) is 4.79 Å². The maximum atomic E-state index is 13.5. The van der Waals surface area contributed by atoms with Crippen LogP contribution in [0, 0.1) is 12.6 Å². The molecule has 0 saturated carbocycles. The summed E-state index contributed by atoms with van der Waals surface area (Å²) in [5.74, 6) is 1.65. The van der Waals surface area contributed by atoms with Crippen molar-refractivity contribution in [3.8, 4) is 17.3 Å². The van der Waals surface area contributed by atoms with Gasteiger partial charge in [-0.1, -0.05) is 48.8 Å². The predicted molar refractivity (Wildman–Crippen MR) is 169 cm³/mol. The number of fused-ring (bicyclic) bond motifs is 2. The van der Waals surface area contributed by atoms with Gasteiger partial charge in [0.25, 0.3) is 5.56 Å². The summed E-state index contributed by atoms with van der Waals surface area (Å²) in [4.78, 5) is 18.3. The van der Waals surface area contributed by atoms with E-state index in [2.05, 4.69) is 87.0 Å². The molecule has 5 rings (SSSR count). The Morgan fingerprint density at radius 2 is 1.81 bits per heavy atom. The molecule has 6 nitrogen and oxygen atoms in total. The van der Waals surface area contributed by atoms with Crippen molar-refractivity contribution in [2.24, 2.45) is 10.5 Å². The van der Waals surface area contributed by atoms with Crippen LogP contribution in [0.2, 0.25) is 0 Å². The van der Waals surface area contributed by atoms with Gasteiger partial charge in [0, 0.05) is 9.86 Å². The molecule has 188 valence electrons. The number of nitrogens with zero attached hydrogens (tertiary/aromatic N) is 3. The lowest BCUT2D eigenvalue weighted by Crippen LogP contribution is -2.20. The van der Waals surface area contributed by atoms with E-state index in [0.717, 1.165) is 28.3 Å². The van der Waals surface area contributed by atoms with E-state index in [1.165, 1.54) is 4.68 Å². The smallest absolute Gasteiger partial charge is 0.282 e. The van der Waals surface area contributed by atoms with Gasteiger partial charge in [-0.2, -0.15) is 9.78 Å². The molecule has 0 atom stereocenters. The van der Waals surface area contributed by atoms with Crippen LogP contribution in [0.25, 0.3) is 33.5 Å². The summed E-state index contributed by atoms with van der Waals surface area (Å²) in [6.45, 7) is 7.03. The minimum Gasteiger partial charge on any atom is -0.491 e. The summed E-state index contributed by atoms with van der Waals surface area (Å²) in [5.41, 5.74) is 1.91. The maximum Gasteiger partial charge on any atom is 0.282 e. The first-order valence-electron chi connectivity index (χ1n) is 11.5. The van der Waals surface area contributed by atoms with Gasteiger partial charge in [0.05, 0.1) is 30.9 Å². The number of furan rings is 1. The maximum absolute atomic E-state index is 13.5. The largest absolute Gasteiger partial charge is 0.491 e. The van der Waals surface area contributed by atoms with E-state index in [4.69, 9.17) is 14.1 Å². The Balaban J connectivity index is 1.60. The van der Waals surface area contributed by atoms with Crippen LogP contribution in [-0.4, -0.2) is 22.5 Å². The second-order valence-corrected chi connectivity index (χ2v) is 13.0. The van der Waals surface area contributed by atoms with Crippen molar-refractivity contribution in [2.75, 3.05) is 6.61 Å². The highest BCUT2D eigenvalue weighted by Crippen LogP contribution is 2.31. The predicted octanol–water partition coefficient (Wildman–Crippen LogP) is 8.09. The number of benzene rings is 3. The van der Waals surface area contributed by atoms with Crippen molar-refractivity contribution in [1.29, 1.82) is 0 Å². The standard InChI is InChI=1S/C28H22BrI2N3O3/c1-28(2,3)15-36-25-20(30)10-16(11-21(25)31)14-32-34-26(33-22-7-5-4-6-19(22)27(34)35)24-13-17-12-18(29)8-9-23(17)37-24/h4-14H,15H2,1-3H3. The highest BCUT2D eigenvalue weighted by Gasteiger charge is 2.18. The van der Waals surface area contributed by atoms with Crippen molar-refractivity contribution in [1.82, 2.24) is 9.66 Å². The first-order chi connectivity index (χ1) is 17.6. The molecular formula is C28H22BrI2N3O3. The fraction of sp³-hybridized carbons (Fsp3) is 0.179. The second kappa shape index (κ2) is 10.5. The number of para-hydroxylation sites is 1. The third kappa shape index (κ3) is 5.78. The molecule has 0 bridgehead atoms. The Labute approximate surface area is 249 Å². The normalized spacial score (nSPS) is 12.2. The van der Waals surface area contributed by atoms with Gasteiger partial charge in [-0.15, -0.1) is 0 Å². The summed E-state index contributed by atoms with van der Waals surface area (Å²) >= 11 is 8.04. The third-order valence-corrected chi connectivity index (χ3v) is 7.54. The van der Waals surface area contributed by atoms with Gasteiger partial charge >= 0.3 is 0 Å². The van der Waals surface area contributed by atoms with Crippen LogP contribution in [-0.2, 0) is 0 Å². The van der Waals surface area contributed by atoms with Crippen LogP contribution in [0.4, 0.5) is 0 Å². The van der Waals surface area contributed by atoms with Crippen molar-refractivity contribution >= 4 is 89.2 Å². The zero-order valence-electron chi connectivity index (χ0n) is 20.3. The molecule has 2 heterocycles. The van der Waals surface area contributed by atoms with Gasteiger partial charge in [0.1, 0.15) is 11.3 Å². The van der Waals surface area contributed by atoms with E-state index in [1.807, 2.05) is 54.6 Å². The van der Waals surface area contributed by atoms with Crippen LogP contribution in [0.5, 0.6) is 5.75 Å². The summed E-state index contributed by atoms with van der Waals surface area (Å²) in [5, 5.41) is 5.97. The lowest BCUT2D eigenvalue weighted by Gasteiger charge is -2.20. The lowest BCUT2D eigenvalue weighted by atomic mass is 9.99. The molecule has 5 aromatic rings. The lowest BCUT2D eigenvalue weighted by molar-refractivity contribution is 0.195. The average Bonchev–Trinajstić information content (AvgIpc) is 3.25. The van der Waals surface area contributed by atoms with Crippen molar-refractivity contribution < 1.29 is 9.15 Å². The van der Waals surface area contributed by atoms with Crippen molar-refractivity contribution in [3.05, 3.63) is 88.2 Å². The minimum atomic E-state index is -0.270. The van der Waals surface area contributed by atoms with Gasteiger partial charge in [0.2, 0.25) is 5.82 Å². The number of halogens is 3. The molecule has 3 aromatic carbocycles. The summed E-state index contributed by atoms with van der Waals surface area (Å²) in [6.07, 6.45) is 1.67. The van der Waals surface area contributed by atoms with Crippen LogP contribution in [0.15, 0.2) is 79.4 Å². The molecule has 37 heavy (non-hydrogen) atoms. The molecule has 0 radical (unpaired) electrons. The van der Waals surface area contributed by atoms with Gasteiger partial charge in [-0.25, -0.2) is 4.98 Å². The Morgan fingerprint density at radius 1 is 1.08 bits per heavy atom. The average molecular weight is 782 g/mol. The van der Waals surface area contributed by atoms with Crippen LogP contribution >= 0.6 is 61.1 Å². The molecule has 0 unspecified atom stereocenters. The van der Waals surface area contributed by atoms with Crippen LogP contribution < -0.4 is 10.3 Å². The topological polar surface area (TPSA) is 69.6 Å². The van der Waals surface area contributed by atoms with E-state index >= 15 is 0 Å². The number of aromatic nitrogens is 2.